The average molecular weight is 362 g/mol. The Labute approximate surface area is 153 Å². The summed E-state index contributed by atoms with van der Waals surface area (Å²) in [6.07, 6.45) is 5.36. The van der Waals surface area contributed by atoms with Crippen LogP contribution in [0.2, 0.25) is 0 Å². The first-order chi connectivity index (χ1) is 12.6. The first-order valence-electron chi connectivity index (χ1n) is 9.05. The minimum absolute atomic E-state index is 0.171. The predicted octanol–water partition coefficient (Wildman–Crippen LogP) is 1.81. The van der Waals surface area contributed by atoms with E-state index in [1.807, 2.05) is 6.92 Å². The Kier molecular flexibility index (Phi) is 7.92. The summed E-state index contributed by atoms with van der Waals surface area (Å²) in [7, 11) is 0. The normalized spacial score (nSPS) is 14.3. The minimum Gasteiger partial charge on any atom is -0.493 e. The molecule has 7 heteroatoms. The van der Waals surface area contributed by atoms with Gasteiger partial charge in [0.2, 0.25) is 0 Å². The summed E-state index contributed by atoms with van der Waals surface area (Å²) < 4.78 is 10.3. The van der Waals surface area contributed by atoms with Crippen LogP contribution in [0, 0.1) is 0 Å². The van der Waals surface area contributed by atoms with Crippen LogP contribution >= 0.6 is 0 Å². The van der Waals surface area contributed by atoms with Crippen molar-refractivity contribution >= 4 is 17.8 Å². The zero-order valence-electron chi connectivity index (χ0n) is 15.1. The van der Waals surface area contributed by atoms with Crippen LogP contribution in [-0.4, -0.2) is 43.6 Å². The molecule has 0 aromatic heterocycles. The predicted molar refractivity (Wildman–Crippen MR) is 95.9 cm³/mol. The number of ether oxygens (including phenoxy) is 2. The third-order valence-corrected chi connectivity index (χ3v) is 4.16. The van der Waals surface area contributed by atoms with E-state index in [0.29, 0.717) is 17.9 Å². The lowest BCUT2D eigenvalue weighted by atomic mass is 9.95. The summed E-state index contributed by atoms with van der Waals surface area (Å²) in [6, 6.07) is 6.95. The molecule has 1 aliphatic rings. The highest BCUT2D eigenvalue weighted by molar-refractivity contribution is 5.98. The van der Waals surface area contributed by atoms with Crippen molar-refractivity contribution in [1.82, 2.24) is 10.6 Å². The molecule has 1 aromatic rings. The number of carbonyl (C=O) groups excluding carboxylic acids is 3. The Hall–Kier alpha value is -2.57. The molecule has 0 unspecified atom stereocenters. The lowest BCUT2D eigenvalue weighted by Crippen LogP contribution is -2.39. The molecular weight excluding hydrogens is 336 g/mol. The second-order valence-electron chi connectivity index (χ2n) is 6.17. The number of benzene rings is 1. The molecule has 1 saturated carbocycles. The topological polar surface area (TPSA) is 93.7 Å². The number of amides is 2. The molecule has 1 fully saturated rings. The zero-order valence-corrected chi connectivity index (χ0v) is 15.1. The van der Waals surface area contributed by atoms with Gasteiger partial charge in [0.05, 0.1) is 12.2 Å². The Morgan fingerprint density at radius 1 is 1.12 bits per heavy atom. The smallest absolute Gasteiger partial charge is 0.325 e. The maximum absolute atomic E-state index is 12.2. The van der Waals surface area contributed by atoms with Gasteiger partial charge in [-0.05, 0) is 31.9 Å². The van der Waals surface area contributed by atoms with Crippen LogP contribution in [0.15, 0.2) is 24.3 Å². The van der Waals surface area contributed by atoms with Crippen molar-refractivity contribution in [2.75, 3.05) is 19.8 Å². The van der Waals surface area contributed by atoms with Crippen molar-refractivity contribution in [3.8, 4) is 5.75 Å². The quantitative estimate of drug-likeness (QED) is 0.688. The lowest BCUT2D eigenvalue weighted by Gasteiger charge is -2.22. The molecule has 1 aliphatic carbocycles. The fourth-order valence-corrected chi connectivity index (χ4v) is 2.90. The Morgan fingerprint density at radius 3 is 2.58 bits per heavy atom. The van der Waals surface area contributed by atoms with Crippen molar-refractivity contribution in [1.29, 1.82) is 0 Å². The second-order valence-corrected chi connectivity index (χ2v) is 6.17. The van der Waals surface area contributed by atoms with E-state index >= 15 is 0 Å². The van der Waals surface area contributed by atoms with Crippen LogP contribution in [0.25, 0.3) is 0 Å². The highest BCUT2D eigenvalue weighted by atomic mass is 16.5. The molecule has 0 saturated heterocycles. The molecule has 0 atom stereocenters. The van der Waals surface area contributed by atoms with Crippen LogP contribution in [0.1, 0.15) is 49.4 Å². The first kappa shape index (κ1) is 19.8. The van der Waals surface area contributed by atoms with E-state index in [0.717, 1.165) is 25.7 Å². The average Bonchev–Trinajstić information content (AvgIpc) is 2.66. The summed E-state index contributed by atoms with van der Waals surface area (Å²) in [5.74, 6) is -0.949. The van der Waals surface area contributed by atoms with Gasteiger partial charge in [0, 0.05) is 6.04 Å². The molecule has 0 radical (unpaired) electrons. The first-order valence-corrected chi connectivity index (χ1v) is 9.05. The standard InChI is InChI=1S/C19H26N2O5/c1-2-25-16-11-7-6-10-15(16)19(24)20-12-18(23)26-13-17(22)21-14-8-4-3-5-9-14/h6-7,10-11,14H,2-5,8-9,12-13H2,1H3,(H,20,24)(H,21,22). The SMILES string of the molecule is CCOc1ccccc1C(=O)NCC(=O)OCC(=O)NC1CCCCC1. The number of hydrogen-bond donors (Lipinski definition) is 2. The van der Waals surface area contributed by atoms with Gasteiger partial charge in [0.15, 0.2) is 6.61 Å². The van der Waals surface area contributed by atoms with Crippen molar-refractivity contribution in [3.05, 3.63) is 29.8 Å². The molecule has 0 aliphatic heterocycles. The van der Waals surface area contributed by atoms with E-state index < -0.39 is 11.9 Å². The van der Waals surface area contributed by atoms with Crippen molar-refractivity contribution in [2.45, 2.75) is 45.1 Å². The van der Waals surface area contributed by atoms with Gasteiger partial charge in [-0.1, -0.05) is 31.4 Å². The molecule has 1 aromatic carbocycles. The van der Waals surface area contributed by atoms with Gasteiger partial charge in [0.1, 0.15) is 12.3 Å². The molecule has 7 nitrogen and oxygen atoms in total. The van der Waals surface area contributed by atoms with E-state index in [-0.39, 0.29) is 25.1 Å². The maximum Gasteiger partial charge on any atom is 0.325 e. The van der Waals surface area contributed by atoms with Crippen LogP contribution < -0.4 is 15.4 Å². The Bertz CT molecular complexity index is 626. The van der Waals surface area contributed by atoms with Gasteiger partial charge in [-0.25, -0.2) is 0 Å². The van der Waals surface area contributed by atoms with E-state index in [2.05, 4.69) is 10.6 Å². The van der Waals surface area contributed by atoms with Crippen molar-refractivity contribution in [2.24, 2.45) is 0 Å². The van der Waals surface area contributed by atoms with E-state index in [1.54, 1.807) is 24.3 Å². The molecule has 2 rings (SSSR count). The lowest BCUT2D eigenvalue weighted by molar-refractivity contribution is -0.147. The highest BCUT2D eigenvalue weighted by Gasteiger charge is 2.17. The molecule has 2 N–H and O–H groups in total. The number of para-hydroxylation sites is 1. The van der Waals surface area contributed by atoms with Gasteiger partial charge in [-0.3, -0.25) is 14.4 Å². The van der Waals surface area contributed by atoms with Gasteiger partial charge in [-0.15, -0.1) is 0 Å². The Morgan fingerprint density at radius 2 is 1.85 bits per heavy atom. The molecular formula is C19H26N2O5. The van der Waals surface area contributed by atoms with Crippen LogP contribution in [0.3, 0.4) is 0 Å². The van der Waals surface area contributed by atoms with Crippen molar-refractivity contribution < 1.29 is 23.9 Å². The summed E-state index contributed by atoms with van der Waals surface area (Å²) in [5.41, 5.74) is 0.345. The summed E-state index contributed by atoms with van der Waals surface area (Å²) >= 11 is 0. The summed E-state index contributed by atoms with van der Waals surface area (Å²) in [4.78, 5) is 35.7. The molecule has 2 amide bonds. The molecule has 0 bridgehead atoms. The second kappa shape index (κ2) is 10.4. The number of nitrogens with one attached hydrogen (secondary N) is 2. The number of carbonyl (C=O) groups is 3. The van der Waals surface area contributed by atoms with E-state index in [9.17, 15) is 14.4 Å². The Balaban J connectivity index is 1.71. The number of rotatable bonds is 8. The molecule has 142 valence electrons. The van der Waals surface area contributed by atoms with Crippen molar-refractivity contribution in [3.63, 3.8) is 0 Å². The fourth-order valence-electron chi connectivity index (χ4n) is 2.90. The maximum atomic E-state index is 12.2. The third-order valence-electron chi connectivity index (χ3n) is 4.16. The molecule has 0 heterocycles. The zero-order chi connectivity index (χ0) is 18.8. The van der Waals surface area contributed by atoms with Gasteiger partial charge in [-0.2, -0.15) is 0 Å². The van der Waals surface area contributed by atoms with Crippen LogP contribution in [-0.2, 0) is 14.3 Å². The largest absolute Gasteiger partial charge is 0.493 e. The van der Waals surface area contributed by atoms with E-state index in [1.165, 1.54) is 6.42 Å². The summed E-state index contributed by atoms with van der Waals surface area (Å²) in [5, 5.41) is 5.34. The van der Waals surface area contributed by atoms with Crippen LogP contribution in [0.5, 0.6) is 5.75 Å². The monoisotopic (exact) mass is 362 g/mol. The minimum atomic E-state index is -0.661. The molecule has 26 heavy (non-hydrogen) atoms. The van der Waals surface area contributed by atoms with Gasteiger partial charge >= 0.3 is 5.97 Å². The third kappa shape index (κ3) is 6.38. The van der Waals surface area contributed by atoms with Gasteiger partial charge < -0.3 is 20.1 Å². The highest BCUT2D eigenvalue weighted by Crippen LogP contribution is 2.18. The van der Waals surface area contributed by atoms with Crippen LogP contribution in [0.4, 0.5) is 0 Å². The summed E-state index contributed by atoms with van der Waals surface area (Å²) in [6.45, 7) is 1.61. The number of esters is 1. The van der Waals surface area contributed by atoms with E-state index in [4.69, 9.17) is 9.47 Å². The number of hydrogen-bond acceptors (Lipinski definition) is 5. The molecule has 0 spiro atoms. The fraction of sp³-hybridized carbons (Fsp3) is 0.526. The van der Waals surface area contributed by atoms with Gasteiger partial charge in [0.25, 0.3) is 11.8 Å².